The molecule has 0 saturated carbocycles. The number of aromatic nitrogens is 1. The van der Waals surface area contributed by atoms with Crippen LogP contribution >= 0.6 is 11.8 Å². The van der Waals surface area contributed by atoms with E-state index >= 15 is 0 Å². The summed E-state index contributed by atoms with van der Waals surface area (Å²) in [5, 5.41) is -0.241. The molecule has 2 heterocycles. The summed E-state index contributed by atoms with van der Waals surface area (Å²) in [5.74, 6) is -0.256. The van der Waals surface area contributed by atoms with E-state index in [-0.39, 0.29) is 11.1 Å². The number of carbonyl (C=O) groups excluding carboxylic acids is 2. The van der Waals surface area contributed by atoms with Crippen LogP contribution in [0.2, 0.25) is 0 Å². The molecule has 0 bridgehead atoms. The van der Waals surface area contributed by atoms with E-state index in [1.54, 1.807) is 24.5 Å². The average molecular weight is 220 g/mol. The van der Waals surface area contributed by atoms with Crippen LogP contribution in [0, 0.1) is 0 Å². The first kappa shape index (κ1) is 9.92. The van der Waals surface area contributed by atoms with Crippen LogP contribution in [0.1, 0.15) is 5.56 Å². The lowest BCUT2D eigenvalue weighted by atomic mass is 10.2. The number of hydrogen-bond donors (Lipinski definition) is 0. The van der Waals surface area contributed by atoms with E-state index in [4.69, 9.17) is 0 Å². The van der Waals surface area contributed by atoms with E-state index in [9.17, 15) is 9.59 Å². The van der Waals surface area contributed by atoms with Crippen molar-refractivity contribution >= 4 is 29.0 Å². The molecule has 1 aliphatic rings. The van der Waals surface area contributed by atoms with Gasteiger partial charge in [0, 0.05) is 19.4 Å². The number of amides is 2. The second-order valence-electron chi connectivity index (χ2n) is 3.03. The minimum absolute atomic E-state index is 0.241. The predicted molar refractivity (Wildman–Crippen MR) is 58.0 cm³/mol. The monoisotopic (exact) mass is 220 g/mol. The van der Waals surface area contributed by atoms with E-state index in [2.05, 4.69) is 4.98 Å². The number of likely N-dealkylation sites (N-methyl/N-ethyl adjacent to an activating group) is 1. The smallest absolute Gasteiger partial charge is 0.272 e. The Morgan fingerprint density at radius 2 is 2.27 bits per heavy atom. The van der Waals surface area contributed by atoms with Gasteiger partial charge in [0.25, 0.3) is 11.1 Å². The second-order valence-corrected chi connectivity index (χ2v) is 4.02. The maximum atomic E-state index is 11.5. The SMILES string of the molecule is CN1C(=O)S/C(=C/c2cccnc2)C1=O. The minimum Gasteiger partial charge on any atom is -0.272 e. The van der Waals surface area contributed by atoms with Crippen molar-refractivity contribution < 1.29 is 9.59 Å². The number of imide groups is 1. The summed E-state index contributed by atoms with van der Waals surface area (Å²) in [6, 6.07) is 3.61. The molecule has 2 rings (SSSR count). The van der Waals surface area contributed by atoms with Gasteiger partial charge in [-0.2, -0.15) is 0 Å². The molecule has 0 aliphatic carbocycles. The van der Waals surface area contributed by atoms with Gasteiger partial charge < -0.3 is 0 Å². The summed E-state index contributed by atoms with van der Waals surface area (Å²) < 4.78 is 0. The first-order chi connectivity index (χ1) is 7.18. The molecule has 1 aliphatic heterocycles. The molecule has 0 radical (unpaired) electrons. The molecule has 0 unspecified atom stereocenters. The molecular formula is C10H8N2O2S. The third-order valence-electron chi connectivity index (χ3n) is 1.97. The molecule has 15 heavy (non-hydrogen) atoms. The van der Waals surface area contributed by atoms with Crippen LogP contribution in [0.4, 0.5) is 4.79 Å². The molecule has 5 heteroatoms. The van der Waals surface area contributed by atoms with Gasteiger partial charge in [-0.25, -0.2) is 0 Å². The summed E-state index contributed by atoms with van der Waals surface area (Å²) in [6.45, 7) is 0. The number of hydrogen-bond acceptors (Lipinski definition) is 4. The number of rotatable bonds is 1. The van der Waals surface area contributed by atoms with Crippen molar-refractivity contribution in [3.8, 4) is 0 Å². The Hall–Kier alpha value is -1.62. The van der Waals surface area contributed by atoms with Crippen LogP contribution in [0.25, 0.3) is 6.08 Å². The Kier molecular flexibility index (Phi) is 2.55. The molecule has 0 spiro atoms. The molecule has 76 valence electrons. The van der Waals surface area contributed by atoms with Gasteiger partial charge in [0.15, 0.2) is 0 Å². The molecule has 0 atom stereocenters. The van der Waals surface area contributed by atoms with Gasteiger partial charge in [0.1, 0.15) is 0 Å². The summed E-state index contributed by atoms with van der Waals surface area (Å²) in [6.07, 6.45) is 4.97. The highest BCUT2D eigenvalue weighted by atomic mass is 32.2. The van der Waals surface area contributed by atoms with Gasteiger partial charge in [-0.1, -0.05) is 6.07 Å². The van der Waals surface area contributed by atoms with Gasteiger partial charge in [-0.3, -0.25) is 19.5 Å². The van der Waals surface area contributed by atoms with Gasteiger partial charge in [-0.05, 0) is 29.5 Å². The van der Waals surface area contributed by atoms with Crippen LogP contribution in [0.15, 0.2) is 29.4 Å². The maximum Gasteiger partial charge on any atom is 0.293 e. The zero-order valence-corrected chi connectivity index (χ0v) is 8.82. The van der Waals surface area contributed by atoms with Crippen molar-refractivity contribution in [1.82, 2.24) is 9.88 Å². The first-order valence-corrected chi connectivity index (χ1v) is 5.12. The quantitative estimate of drug-likeness (QED) is 0.676. The van der Waals surface area contributed by atoms with Crippen molar-refractivity contribution in [2.75, 3.05) is 7.05 Å². The first-order valence-electron chi connectivity index (χ1n) is 4.30. The second kappa shape index (κ2) is 3.86. The molecule has 0 N–H and O–H groups in total. The summed E-state index contributed by atoms with van der Waals surface area (Å²) in [4.78, 5) is 28.2. The number of nitrogens with zero attached hydrogens (tertiary/aromatic N) is 2. The molecular weight excluding hydrogens is 212 g/mol. The van der Waals surface area contributed by atoms with Gasteiger partial charge in [0.2, 0.25) is 0 Å². The van der Waals surface area contributed by atoms with Crippen LogP contribution in [0.3, 0.4) is 0 Å². The topological polar surface area (TPSA) is 50.3 Å². The van der Waals surface area contributed by atoms with Gasteiger partial charge in [0.05, 0.1) is 4.91 Å². The maximum absolute atomic E-state index is 11.5. The van der Waals surface area contributed by atoms with Crippen molar-refractivity contribution in [1.29, 1.82) is 0 Å². The number of carbonyl (C=O) groups is 2. The van der Waals surface area contributed by atoms with E-state index in [0.717, 1.165) is 22.2 Å². The Morgan fingerprint density at radius 3 is 2.80 bits per heavy atom. The third-order valence-corrected chi connectivity index (χ3v) is 2.93. The molecule has 1 saturated heterocycles. The molecule has 1 fully saturated rings. The average Bonchev–Trinajstić information content (AvgIpc) is 2.48. The van der Waals surface area contributed by atoms with Crippen LogP contribution < -0.4 is 0 Å². The summed E-state index contributed by atoms with van der Waals surface area (Å²) in [7, 11) is 1.47. The van der Waals surface area contributed by atoms with Crippen LogP contribution in [-0.2, 0) is 4.79 Å². The van der Waals surface area contributed by atoms with Crippen LogP contribution in [0.5, 0.6) is 0 Å². The Morgan fingerprint density at radius 1 is 1.47 bits per heavy atom. The van der Waals surface area contributed by atoms with Gasteiger partial charge in [-0.15, -0.1) is 0 Å². The molecule has 1 aromatic rings. The van der Waals surface area contributed by atoms with Crippen molar-refractivity contribution in [2.24, 2.45) is 0 Å². The highest BCUT2D eigenvalue weighted by molar-refractivity contribution is 8.18. The van der Waals surface area contributed by atoms with Crippen molar-refractivity contribution in [3.05, 3.63) is 35.0 Å². The number of thioether (sulfide) groups is 1. The highest BCUT2D eigenvalue weighted by Gasteiger charge is 2.31. The zero-order valence-electron chi connectivity index (χ0n) is 8.01. The highest BCUT2D eigenvalue weighted by Crippen LogP contribution is 2.30. The lowest BCUT2D eigenvalue weighted by Gasteiger charge is -2.00. The molecule has 0 aromatic carbocycles. The Bertz CT molecular complexity index is 442. The Labute approximate surface area is 91.0 Å². The van der Waals surface area contributed by atoms with Crippen LogP contribution in [-0.4, -0.2) is 28.1 Å². The van der Waals surface area contributed by atoms with Crippen molar-refractivity contribution in [2.45, 2.75) is 0 Å². The van der Waals surface area contributed by atoms with E-state index < -0.39 is 0 Å². The zero-order chi connectivity index (χ0) is 10.8. The molecule has 1 aromatic heterocycles. The van der Waals surface area contributed by atoms with Crippen molar-refractivity contribution in [3.63, 3.8) is 0 Å². The lowest BCUT2D eigenvalue weighted by molar-refractivity contribution is -0.121. The van der Waals surface area contributed by atoms with E-state index in [0.29, 0.717) is 4.91 Å². The minimum atomic E-state index is -0.256. The Balaban J connectivity index is 2.30. The standard InChI is InChI=1S/C10H8N2O2S/c1-12-9(13)8(15-10(12)14)5-7-3-2-4-11-6-7/h2-6H,1H3/b8-5+. The number of pyridine rings is 1. The summed E-state index contributed by atoms with van der Waals surface area (Å²) in [5.41, 5.74) is 0.816. The van der Waals surface area contributed by atoms with E-state index in [1.807, 2.05) is 6.07 Å². The fourth-order valence-corrected chi connectivity index (χ4v) is 1.99. The lowest BCUT2D eigenvalue weighted by Crippen LogP contribution is -2.22. The molecule has 4 nitrogen and oxygen atoms in total. The summed E-state index contributed by atoms with van der Waals surface area (Å²) >= 11 is 0.947. The van der Waals surface area contributed by atoms with Gasteiger partial charge >= 0.3 is 0 Å². The predicted octanol–water partition coefficient (Wildman–Crippen LogP) is 1.75. The molecule has 2 amide bonds. The fourth-order valence-electron chi connectivity index (χ4n) is 1.16. The fraction of sp³-hybridized carbons (Fsp3) is 0.100. The largest absolute Gasteiger partial charge is 0.293 e. The third kappa shape index (κ3) is 1.92. The normalized spacial score (nSPS) is 19.0. The van der Waals surface area contributed by atoms with E-state index in [1.165, 1.54) is 7.05 Å².